The lowest BCUT2D eigenvalue weighted by atomic mass is 10.1. The largest absolute Gasteiger partial charge is 0.361 e. The average Bonchev–Trinajstić information content (AvgIpc) is 2.71. The molecule has 0 saturated heterocycles. The van der Waals surface area contributed by atoms with Gasteiger partial charge < -0.3 is 4.98 Å². The van der Waals surface area contributed by atoms with Gasteiger partial charge in [-0.15, -0.1) is 0 Å². The Labute approximate surface area is 98.1 Å². The van der Waals surface area contributed by atoms with Gasteiger partial charge in [0.25, 0.3) is 5.69 Å². The highest BCUT2D eigenvalue weighted by Gasteiger charge is 2.13. The number of rotatable bonds is 4. The van der Waals surface area contributed by atoms with Gasteiger partial charge in [0.05, 0.1) is 4.92 Å². The first-order valence-electron chi connectivity index (χ1n) is 5.31. The summed E-state index contributed by atoms with van der Waals surface area (Å²) in [6.07, 6.45) is 1.86. The van der Waals surface area contributed by atoms with E-state index in [0.717, 1.165) is 16.5 Å². The summed E-state index contributed by atoms with van der Waals surface area (Å²) in [6, 6.07) is 4.88. The van der Waals surface area contributed by atoms with E-state index in [0.29, 0.717) is 0 Å². The van der Waals surface area contributed by atoms with Gasteiger partial charge in [-0.05, 0) is 25.6 Å². The lowest BCUT2D eigenvalue weighted by molar-refractivity contribution is -0.384. The minimum absolute atomic E-state index is 0.0655. The summed E-state index contributed by atoms with van der Waals surface area (Å²) >= 11 is 0. The zero-order valence-corrected chi connectivity index (χ0v) is 9.65. The standard InChI is InChI=1S/C11H14N4O2/c1-7(14-12-2)10-6-13-11-4-3-8(15(16)17)5-9(10)11/h3-7,12-14H,1-2H3/t7-/m1/s1. The number of nitrogens with one attached hydrogen (secondary N) is 3. The van der Waals surface area contributed by atoms with E-state index in [1.54, 1.807) is 19.2 Å². The molecular formula is C11H14N4O2. The molecule has 0 aliphatic heterocycles. The highest BCUT2D eigenvalue weighted by Crippen LogP contribution is 2.27. The van der Waals surface area contributed by atoms with E-state index in [1.165, 1.54) is 6.07 Å². The molecule has 0 bridgehead atoms. The third-order valence-corrected chi connectivity index (χ3v) is 2.74. The van der Waals surface area contributed by atoms with Gasteiger partial charge in [0.1, 0.15) is 0 Å². The molecule has 2 rings (SSSR count). The van der Waals surface area contributed by atoms with Crippen LogP contribution >= 0.6 is 0 Å². The summed E-state index contributed by atoms with van der Waals surface area (Å²) in [7, 11) is 1.79. The van der Waals surface area contributed by atoms with Gasteiger partial charge in [-0.3, -0.25) is 21.0 Å². The number of fused-ring (bicyclic) bond motifs is 1. The Kier molecular flexibility index (Phi) is 3.08. The molecule has 0 radical (unpaired) electrons. The molecule has 1 aromatic carbocycles. The summed E-state index contributed by atoms with van der Waals surface area (Å²) in [5.74, 6) is 0. The van der Waals surface area contributed by atoms with Crippen molar-refractivity contribution in [2.45, 2.75) is 13.0 Å². The number of nitrogens with zero attached hydrogens (tertiary/aromatic N) is 1. The number of benzene rings is 1. The van der Waals surface area contributed by atoms with E-state index >= 15 is 0 Å². The SMILES string of the molecule is CNN[C@H](C)c1c[nH]c2ccc([N+](=O)[O-])cc12. The molecule has 0 unspecified atom stereocenters. The van der Waals surface area contributed by atoms with Crippen LogP contribution in [0.15, 0.2) is 24.4 Å². The van der Waals surface area contributed by atoms with E-state index in [2.05, 4.69) is 15.8 Å². The van der Waals surface area contributed by atoms with Crippen molar-refractivity contribution < 1.29 is 4.92 Å². The quantitative estimate of drug-likeness (QED) is 0.557. The van der Waals surface area contributed by atoms with Crippen LogP contribution in [-0.2, 0) is 0 Å². The molecule has 0 aliphatic carbocycles. The molecule has 0 saturated carbocycles. The minimum Gasteiger partial charge on any atom is -0.361 e. The van der Waals surface area contributed by atoms with Crippen LogP contribution in [0.2, 0.25) is 0 Å². The van der Waals surface area contributed by atoms with Crippen molar-refractivity contribution in [3.63, 3.8) is 0 Å². The number of nitro benzene ring substituents is 1. The first-order valence-corrected chi connectivity index (χ1v) is 5.31. The average molecular weight is 234 g/mol. The topological polar surface area (TPSA) is 83.0 Å². The van der Waals surface area contributed by atoms with Gasteiger partial charge in [-0.25, -0.2) is 0 Å². The summed E-state index contributed by atoms with van der Waals surface area (Å²) < 4.78 is 0. The van der Waals surface area contributed by atoms with Crippen molar-refractivity contribution >= 4 is 16.6 Å². The Bertz CT molecular complexity index is 549. The van der Waals surface area contributed by atoms with Crippen LogP contribution in [0.5, 0.6) is 0 Å². The fraction of sp³-hybridized carbons (Fsp3) is 0.273. The Balaban J connectivity index is 2.50. The first-order chi connectivity index (χ1) is 8.13. The fourth-order valence-electron chi connectivity index (χ4n) is 1.90. The van der Waals surface area contributed by atoms with Gasteiger partial charge in [0, 0.05) is 35.3 Å². The monoisotopic (exact) mass is 234 g/mol. The third kappa shape index (κ3) is 2.13. The zero-order chi connectivity index (χ0) is 12.4. The summed E-state index contributed by atoms with van der Waals surface area (Å²) in [6.45, 7) is 1.98. The highest BCUT2D eigenvalue weighted by atomic mass is 16.6. The van der Waals surface area contributed by atoms with Crippen LogP contribution in [0.3, 0.4) is 0 Å². The molecule has 6 heteroatoms. The maximum atomic E-state index is 10.7. The molecule has 0 spiro atoms. The Hall–Kier alpha value is -1.92. The summed E-state index contributed by atoms with van der Waals surface area (Å²) in [5, 5.41) is 11.6. The predicted molar refractivity (Wildman–Crippen MR) is 65.6 cm³/mol. The maximum Gasteiger partial charge on any atom is 0.270 e. The van der Waals surface area contributed by atoms with Crippen LogP contribution in [0.1, 0.15) is 18.5 Å². The van der Waals surface area contributed by atoms with Crippen LogP contribution in [0.25, 0.3) is 10.9 Å². The van der Waals surface area contributed by atoms with Crippen molar-refractivity contribution in [1.82, 2.24) is 15.8 Å². The van der Waals surface area contributed by atoms with Crippen LogP contribution in [0, 0.1) is 10.1 Å². The van der Waals surface area contributed by atoms with Gasteiger partial charge in [-0.1, -0.05) is 0 Å². The molecule has 0 fully saturated rings. The van der Waals surface area contributed by atoms with E-state index in [-0.39, 0.29) is 16.7 Å². The van der Waals surface area contributed by atoms with Crippen molar-refractivity contribution in [1.29, 1.82) is 0 Å². The molecule has 0 aliphatic rings. The number of H-pyrrole nitrogens is 1. The number of aromatic amines is 1. The maximum absolute atomic E-state index is 10.7. The smallest absolute Gasteiger partial charge is 0.270 e. The predicted octanol–water partition coefficient (Wildman–Crippen LogP) is 1.86. The second kappa shape index (κ2) is 4.52. The van der Waals surface area contributed by atoms with Gasteiger partial charge >= 0.3 is 0 Å². The normalized spacial score (nSPS) is 12.8. The number of aromatic nitrogens is 1. The molecule has 17 heavy (non-hydrogen) atoms. The van der Waals surface area contributed by atoms with E-state index < -0.39 is 0 Å². The van der Waals surface area contributed by atoms with Crippen LogP contribution in [0.4, 0.5) is 5.69 Å². The van der Waals surface area contributed by atoms with Crippen LogP contribution in [-0.4, -0.2) is 17.0 Å². The molecule has 0 amide bonds. The van der Waals surface area contributed by atoms with Gasteiger partial charge in [0.15, 0.2) is 0 Å². The molecule has 1 heterocycles. The van der Waals surface area contributed by atoms with Gasteiger partial charge in [0.2, 0.25) is 0 Å². The molecule has 2 aromatic rings. The summed E-state index contributed by atoms with van der Waals surface area (Å²) in [4.78, 5) is 13.5. The number of non-ortho nitro benzene ring substituents is 1. The lowest BCUT2D eigenvalue weighted by Crippen LogP contribution is -2.30. The zero-order valence-electron chi connectivity index (χ0n) is 9.65. The fourth-order valence-corrected chi connectivity index (χ4v) is 1.90. The van der Waals surface area contributed by atoms with Gasteiger partial charge in [-0.2, -0.15) is 0 Å². The van der Waals surface area contributed by atoms with Crippen molar-refractivity contribution in [3.8, 4) is 0 Å². The second-order valence-electron chi connectivity index (χ2n) is 3.85. The second-order valence-corrected chi connectivity index (χ2v) is 3.85. The van der Waals surface area contributed by atoms with Crippen molar-refractivity contribution in [3.05, 3.63) is 40.1 Å². The number of hydrogen-bond donors (Lipinski definition) is 3. The lowest BCUT2D eigenvalue weighted by Gasteiger charge is -2.11. The molecular weight excluding hydrogens is 220 g/mol. The third-order valence-electron chi connectivity index (χ3n) is 2.74. The number of hydrazine groups is 1. The Morgan fingerprint density at radius 1 is 1.47 bits per heavy atom. The van der Waals surface area contributed by atoms with E-state index in [9.17, 15) is 10.1 Å². The van der Waals surface area contributed by atoms with Crippen molar-refractivity contribution in [2.24, 2.45) is 0 Å². The molecule has 1 atom stereocenters. The molecule has 90 valence electrons. The first kappa shape index (κ1) is 11.6. The molecule has 1 aromatic heterocycles. The number of hydrogen-bond acceptors (Lipinski definition) is 4. The number of nitro groups is 1. The van der Waals surface area contributed by atoms with Crippen molar-refractivity contribution in [2.75, 3.05) is 7.05 Å². The minimum atomic E-state index is -0.383. The molecule has 6 nitrogen and oxygen atoms in total. The van der Waals surface area contributed by atoms with E-state index in [4.69, 9.17) is 0 Å². The summed E-state index contributed by atoms with van der Waals surface area (Å²) in [5.41, 5.74) is 7.91. The Morgan fingerprint density at radius 3 is 2.88 bits per heavy atom. The van der Waals surface area contributed by atoms with Crippen LogP contribution < -0.4 is 10.9 Å². The Morgan fingerprint density at radius 2 is 2.24 bits per heavy atom. The van der Waals surface area contributed by atoms with E-state index in [1.807, 2.05) is 13.1 Å². The molecule has 3 N–H and O–H groups in total. The highest BCUT2D eigenvalue weighted by molar-refractivity contribution is 5.85.